The smallest absolute Gasteiger partial charge is 0.257 e. The highest BCUT2D eigenvalue weighted by molar-refractivity contribution is 6.30. The van der Waals surface area contributed by atoms with Gasteiger partial charge in [0.05, 0.1) is 11.1 Å². The molecule has 0 spiro atoms. The SMILES string of the molecule is O=C1c2cccc3ccn(c23)C2CC(Oc3ccc(Cl)cc3)CCN12. The molecule has 0 bridgehead atoms. The Hall–Kier alpha value is -2.46. The number of fused-ring (bicyclic) bond motifs is 2. The monoisotopic (exact) mass is 352 g/mol. The van der Waals surface area contributed by atoms with Crippen LogP contribution in [-0.4, -0.2) is 28.0 Å². The molecule has 5 rings (SSSR count). The first-order valence-electron chi connectivity index (χ1n) is 8.53. The molecule has 25 heavy (non-hydrogen) atoms. The Bertz CT molecular complexity index is 963. The average Bonchev–Trinajstić information content (AvgIpc) is 3.07. The van der Waals surface area contributed by atoms with Crippen LogP contribution in [0.1, 0.15) is 29.4 Å². The lowest BCUT2D eigenvalue weighted by Gasteiger charge is -2.43. The van der Waals surface area contributed by atoms with E-state index < -0.39 is 0 Å². The van der Waals surface area contributed by atoms with Crippen molar-refractivity contribution in [3.63, 3.8) is 0 Å². The lowest BCUT2D eigenvalue weighted by Crippen LogP contribution is -2.48. The molecule has 0 radical (unpaired) electrons. The molecule has 0 aliphatic carbocycles. The van der Waals surface area contributed by atoms with Crippen LogP contribution in [0.4, 0.5) is 0 Å². The predicted molar refractivity (Wildman–Crippen MR) is 97.1 cm³/mol. The van der Waals surface area contributed by atoms with E-state index >= 15 is 0 Å². The first-order chi connectivity index (χ1) is 12.2. The van der Waals surface area contributed by atoms with Crippen LogP contribution in [0.2, 0.25) is 5.02 Å². The van der Waals surface area contributed by atoms with E-state index in [4.69, 9.17) is 16.3 Å². The molecular formula is C20H17ClN2O2. The van der Waals surface area contributed by atoms with E-state index in [0.717, 1.165) is 35.1 Å². The summed E-state index contributed by atoms with van der Waals surface area (Å²) in [5.74, 6) is 0.954. The molecule has 2 atom stereocenters. The third kappa shape index (κ3) is 2.32. The van der Waals surface area contributed by atoms with Crippen LogP contribution in [0.25, 0.3) is 10.9 Å². The number of benzene rings is 2. The standard InChI is InChI=1S/C20H17ClN2O2/c21-14-4-6-15(7-5-14)25-16-9-11-23-18(12-16)22-10-8-13-2-1-3-17(19(13)22)20(23)24/h1-8,10,16,18H,9,11-12H2. The van der Waals surface area contributed by atoms with E-state index in [2.05, 4.69) is 22.9 Å². The minimum absolute atomic E-state index is 0.0194. The van der Waals surface area contributed by atoms with Crippen molar-refractivity contribution >= 4 is 28.4 Å². The quantitative estimate of drug-likeness (QED) is 0.681. The molecule has 2 aliphatic heterocycles. The summed E-state index contributed by atoms with van der Waals surface area (Å²) in [7, 11) is 0. The second-order valence-corrected chi connectivity index (χ2v) is 7.10. The van der Waals surface area contributed by atoms with Crippen LogP contribution in [0.5, 0.6) is 5.75 Å². The van der Waals surface area contributed by atoms with Crippen LogP contribution in [-0.2, 0) is 0 Å². The average molecular weight is 353 g/mol. The minimum atomic E-state index is 0.0194. The molecule has 3 heterocycles. The van der Waals surface area contributed by atoms with Crippen molar-refractivity contribution in [3.05, 3.63) is 65.3 Å². The Kier molecular flexibility index (Phi) is 3.28. The molecule has 0 saturated carbocycles. The van der Waals surface area contributed by atoms with E-state index in [9.17, 15) is 4.79 Å². The zero-order chi connectivity index (χ0) is 17.0. The Morgan fingerprint density at radius 2 is 1.92 bits per heavy atom. The summed E-state index contributed by atoms with van der Waals surface area (Å²) in [5, 5.41) is 1.82. The molecule has 2 unspecified atom stereocenters. The summed E-state index contributed by atoms with van der Waals surface area (Å²) in [6.45, 7) is 0.704. The Morgan fingerprint density at radius 3 is 2.76 bits per heavy atom. The number of ether oxygens (including phenoxy) is 1. The highest BCUT2D eigenvalue weighted by Gasteiger charge is 2.38. The fourth-order valence-corrected chi connectivity index (χ4v) is 4.15. The summed E-state index contributed by atoms with van der Waals surface area (Å²) in [5.41, 5.74) is 1.84. The van der Waals surface area contributed by atoms with E-state index in [0.29, 0.717) is 11.6 Å². The maximum Gasteiger partial charge on any atom is 0.257 e. The third-order valence-electron chi connectivity index (χ3n) is 5.19. The van der Waals surface area contributed by atoms with Gasteiger partial charge in [-0.25, -0.2) is 0 Å². The molecule has 4 nitrogen and oxygen atoms in total. The highest BCUT2D eigenvalue weighted by atomic mass is 35.5. The number of aromatic nitrogens is 1. The van der Waals surface area contributed by atoms with Gasteiger partial charge in [-0.05, 0) is 36.4 Å². The van der Waals surface area contributed by atoms with Crippen LogP contribution >= 0.6 is 11.6 Å². The molecule has 0 N–H and O–H groups in total. The van der Waals surface area contributed by atoms with Crippen molar-refractivity contribution in [1.29, 1.82) is 0 Å². The summed E-state index contributed by atoms with van der Waals surface area (Å²) < 4.78 is 8.37. The predicted octanol–water partition coefficient (Wildman–Crippen LogP) is 4.49. The molecule has 2 aromatic carbocycles. The van der Waals surface area contributed by atoms with Crippen molar-refractivity contribution in [3.8, 4) is 5.75 Å². The number of halogens is 1. The molecular weight excluding hydrogens is 336 g/mol. The van der Waals surface area contributed by atoms with Crippen LogP contribution < -0.4 is 4.74 Å². The van der Waals surface area contributed by atoms with E-state index in [1.54, 1.807) is 0 Å². The van der Waals surface area contributed by atoms with Gasteiger partial charge in [0.1, 0.15) is 18.0 Å². The first-order valence-corrected chi connectivity index (χ1v) is 8.91. The number of para-hydroxylation sites is 1. The number of carbonyl (C=O) groups excluding carboxylic acids is 1. The van der Waals surface area contributed by atoms with E-state index in [-0.39, 0.29) is 18.2 Å². The van der Waals surface area contributed by atoms with Gasteiger partial charge >= 0.3 is 0 Å². The van der Waals surface area contributed by atoms with Gasteiger partial charge in [0, 0.05) is 36.0 Å². The fourth-order valence-electron chi connectivity index (χ4n) is 4.02. The number of amides is 1. The molecule has 1 amide bonds. The van der Waals surface area contributed by atoms with E-state index in [1.807, 2.05) is 41.3 Å². The molecule has 1 saturated heterocycles. The second-order valence-electron chi connectivity index (χ2n) is 6.66. The normalized spacial score (nSPS) is 22.1. The number of carbonyl (C=O) groups is 1. The Labute approximate surface area is 150 Å². The maximum atomic E-state index is 12.9. The number of hydrogen-bond donors (Lipinski definition) is 0. The van der Waals surface area contributed by atoms with Gasteiger partial charge in [0.2, 0.25) is 0 Å². The van der Waals surface area contributed by atoms with Crippen molar-refractivity contribution in [2.45, 2.75) is 25.1 Å². The molecule has 1 aromatic heterocycles. The van der Waals surface area contributed by atoms with Crippen molar-refractivity contribution in [1.82, 2.24) is 9.47 Å². The number of rotatable bonds is 2. The Morgan fingerprint density at radius 1 is 1.08 bits per heavy atom. The molecule has 3 aromatic rings. The maximum absolute atomic E-state index is 12.9. The molecule has 2 aliphatic rings. The van der Waals surface area contributed by atoms with Gasteiger partial charge < -0.3 is 14.2 Å². The number of piperidine rings is 1. The Balaban J connectivity index is 1.47. The fraction of sp³-hybridized carbons (Fsp3) is 0.250. The topological polar surface area (TPSA) is 34.5 Å². The summed E-state index contributed by atoms with van der Waals surface area (Å²) in [6.07, 6.45) is 3.80. The first kappa shape index (κ1) is 14.8. The largest absolute Gasteiger partial charge is 0.490 e. The van der Waals surface area contributed by atoms with Crippen LogP contribution in [0.3, 0.4) is 0 Å². The van der Waals surface area contributed by atoms with Crippen molar-refractivity contribution < 1.29 is 9.53 Å². The summed E-state index contributed by atoms with van der Waals surface area (Å²) in [4.78, 5) is 14.9. The minimum Gasteiger partial charge on any atom is -0.490 e. The zero-order valence-electron chi connectivity index (χ0n) is 13.6. The van der Waals surface area contributed by atoms with Gasteiger partial charge in [0.25, 0.3) is 5.91 Å². The number of hydrogen-bond acceptors (Lipinski definition) is 2. The van der Waals surface area contributed by atoms with Gasteiger partial charge in [-0.1, -0.05) is 23.7 Å². The lowest BCUT2D eigenvalue weighted by atomic mass is 9.99. The van der Waals surface area contributed by atoms with Gasteiger partial charge in [0.15, 0.2) is 0 Å². The summed E-state index contributed by atoms with van der Waals surface area (Å²) in [6, 6.07) is 15.5. The van der Waals surface area contributed by atoms with Crippen LogP contribution in [0, 0.1) is 0 Å². The lowest BCUT2D eigenvalue weighted by molar-refractivity contribution is 0.0184. The van der Waals surface area contributed by atoms with Crippen molar-refractivity contribution in [2.75, 3.05) is 6.54 Å². The molecule has 1 fully saturated rings. The molecule has 5 heteroatoms. The zero-order valence-corrected chi connectivity index (χ0v) is 14.3. The number of nitrogens with zero attached hydrogens (tertiary/aromatic N) is 2. The molecule has 126 valence electrons. The van der Waals surface area contributed by atoms with E-state index in [1.165, 1.54) is 0 Å². The van der Waals surface area contributed by atoms with Gasteiger partial charge in [-0.3, -0.25) is 4.79 Å². The van der Waals surface area contributed by atoms with Crippen LogP contribution in [0.15, 0.2) is 54.7 Å². The summed E-state index contributed by atoms with van der Waals surface area (Å²) >= 11 is 5.94. The van der Waals surface area contributed by atoms with Crippen molar-refractivity contribution in [2.24, 2.45) is 0 Å². The van der Waals surface area contributed by atoms with Gasteiger partial charge in [-0.2, -0.15) is 0 Å². The van der Waals surface area contributed by atoms with Gasteiger partial charge in [-0.15, -0.1) is 0 Å². The third-order valence-corrected chi connectivity index (χ3v) is 5.45. The second kappa shape index (κ2) is 5.53. The highest BCUT2D eigenvalue weighted by Crippen LogP contribution is 2.38.